The number of nitrogens with one attached hydrogen (secondary N) is 1. The van der Waals surface area contributed by atoms with E-state index in [1.54, 1.807) is 54.6 Å². The molecular formula is C31H25FN2O4. The van der Waals surface area contributed by atoms with Crippen molar-refractivity contribution in [2.45, 2.75) is 13.2 Å². The molecule has 0 fully saturated rings. The summed E-state index contributed by atoms with van der Waals surface area (Å²) in [6, 6.07) is 29.7. The van der Waals surface area contributed by atoms with Gasteiger partial charge in [0.25, 0.3) is 5.91 Å². The molecule has 4 rings (SSSR count). The van der Waals surface area contributed by atoms with E-state index in [9.17, 15) is 14.4 Å². The van der Waals surface area contributed by atoms with Gasteiger partial charge >= 0.3 is 0 Å². The lowest BCUT2D eigenvalue weighted by atomic mass is 10.1. The maximum absolute atomic E-state index is 13.5. The molecule has 0 heterocycles. The Bertz CT molecular complexity index is 1460. The molecule has 0 spiro atoms. The second-order valence-electron chi connectivity index (χ2n) is 8.24. The van der Waals surface area contributed by atoms with E-state index >= 15 is 0 Å². The number of hydrogen-bond acceptors (Lipinski definition) is 5. The number of carbonyl (C=O) groups excluding carboxylic acids is 1. The van der Waals surface area contributed by atoms with Crippen LogP contribution in [0, 0.1) is 17.1 Å². The normalized spacial score (nSPS) is 10.8. The smallest absolute Gasteiger partial charge is 0.266 e. The van der Waals surface area contributed by atoms with Crippen molar-refractivity contribution in [2.75, 3.05) is 12.4 Å². The summed E-state index contributed by atoms with van der Waals surface area (Å²) < 4.78 is 30.5. The fourth-order valence-electron chi connectivity index (χ4n) is 3.55. The molecule has 0 bridgehead atoms. The van der Waals surface area contributed by atoms with Gasteiger partial charge in [0.15, 0.2) is 0 Å². The van der Waals surface area contributed by atoms with Crippen LogP contribution in [0.3, 0.4) is 0 Å². The van der Waals surface area contributed by atoms with Gasteiger partial charge in [-0.15, -0.1) is 0 Å². The summed E-state index contributed by atoms with van der Waals surface area (Å²) >= 11 is 0. The molecule has 1 N–H and O–H groups in total. The Kier molecular flexibility index (Phi) is 8.72. The first-order chi connectivity index (χ1) is 18.5. The second kappa shape index (κ2) is 12.7. The summed E-state index contributed by atoms with van der Waals surface area (Å²) in [5.41, 5.74) is 2.58. The predicted molar refractivity (Wildman–Crippen MR) is 143 cm³/mol. The van der Waals surface area contributed by atoms with Crippen LogP contribution in [-0.4, -0.2) is 13.0 Å². The third-order valence-corrected chi connectivity index (χ3v) is 5.53. The van der Waals surface area contributed by atoms with E-state index in [0.717, 1.165) is 5.56 Å². The average Bonchev–Trinajstić information content (AvgIpc) is 2.95. The molecule has 0 aliphatic rings. The Balaban J connectivity index is 1.45. The monoisotopic (exact) mass is 508 g/mol. The predicted octanol–water partition coefficient (Wildman–Crippen LogP) is 6.54. The zero-order valence-electron chi connectivity index (χ0n) is 20.7. The maximum atomic E-state index is 13.5. The third-order valence-electron chi connectivity index (χ3n) is 5.53. The van der Waals surface area contributed by atoms with E-state index in [2.05, 4.69) is 5.32 Å². The topological polar surface area (TPSA) is 80.6 Å². The molecule has 7 heteroatoms. The van der Waals surface area contributed by atoms with Crippen molar-refractivity contribution in [1.82, 2.24) is 0 Å². The van der Waals surface area contributed by atoms with Crippen LogP contribution in [0.4, 0.5) is 10.1 Å². The standard InChI is InChI=1S/C31H25FN2O4/c1-36-29-13-10-24(30(18-29)38-21-23-8-5-9-26(32)16-23)17-25(19-33)31(35)34-27-11-14-28(15-12-27)37-20-22-6-3-2-4-7-22/h2-18H,20-21H2,1H3,(H,34,35)/b25-17+. The molecular weight excluding hydrogens is 483 g/mol. The van der Waals surface area contributed by atoms with Gasteiger partial charge in [-0.3, -0.25) is 4.79 Å². The maximum Gasteiger partial charge on any atom is 0.266 e. The number of hydrogen-bond donors (Lipinski definition) is 1. The first-order valence-corrected chi connectivity index (χ1v) is 11.8. The summed E-state index contributed by atoms with van der Waals surface area (Å²) in [4.78, 5) is 12.9. The van der Waals surface area contributed by atoms with Crippen LogP contribution in [-0.2, 0) is 18.0 Å². The van der Waals surface area contributed by atoms with Crippen LogP contribution < -0.4 is 19.5 Å². The molecule has 190 valence electrons. The van der Waals surface area contributed by atoms with Crippen molar-refractivity contribution in [3.05, 3.63) is 125 Å². The number of nitriles is 1. The van der Waals surface area contributed by atoms with Gasteiger partial charge in [-0.25, -0.2) is 4.39 Å². The van der Waals surface area contributed by atoms with Gasteiger partial charge in [0.2, 0.25) is 0 Å². The van der Waals surface area contributed by atoms with E-state index in [4.69, 9.17) is 14.2 Å². The fourth-order valence-corrected chi connectivity index (χ4v) is 3.55. The fraction of sp³-hybridized carbons (Fsp3) is 0.0968. The van der Waals surface area contributed by atoms with Gasteiger partial charge in [-0.05, 0) is 65.7 Å². The Labute approximate surface area is 220 Å². The first-order valence-electron chi connectivity index (χ1n) is 11.8. The van der Waals surface area contributed by atoms with Gasteiger partial charge in [-0.2, -0.15) is 5.26 Å². The molecule has 0 atom stereocenters. The van der Waals surface area contributed by atoms with Gasteiger partial charge in [0.05, 0.1) is 7.11 Å². The molecule has 0 aliphatic carbocycles. The Morgan fingerprint density at radius 1 is 0.868 bits per heavy atom. The van der Waals surface area contributed by atoms with Gasteiger partial charge < -0.3 is 19.5 Å². The Morgan fingerprint density at radius 3 is 2.29 bits per heavy atom. The zero-order valence-corrected chi connectivity index (χ0v) is 20.7. The van der Waals surface area contributed by atoms with Crippen LogP contribution in [0.25, 0.3) is 6.08 Å². The highest BCUT2D eigenvalue weighted by molar-refractivity contribution is 6.09. The zero-order chi connectivity index (χ0) is 26.7. The molecule has 1 amide bonds. The van der Waals surface area contributed by atoms with E-state index in [1.165, 1.54) is 25.3 Å². The van der Waals surface area contributed by atoms with Crippen LogP contribution in [0.5, 0.6) is 17.2 Å². The van der Waals surface area contributed by atoms with Crippen molar-refractivity contribution in [3.8, 4) is 23.3 Å². The molecule has 4 aromatic rings. The summed E-state index contributed by atoms with van der Waals surface area (Å²) in [5, 5.41) is 12.4. The van der Waals surface area contributed by atoms with Crippen molar-refractivity contribution >= 4 is 17.7 Å². The summed E-state index contributed by atoms with van der Waals surface area (Å²) in [5.74, 6) is 0.637. The average molecular weight is 509 g/mol. The van der Waals surface area contributed by atoms with E-state index < -0.39 is 5.91 Å². The molecule has 0 aromatic heterocycles. The highest BCUT2D eigenvalue weighted by atomic mass is 19.1. The Morgan fingerprint density at radius 2 is 1.58 bits per heavy atom. The van der Waals surface area contributed by atoms with Crippen LogP contribution in [0.1, 0.15) is 16.7 Å². The molecule has 0 aliphatic heterocycles. The van der Waals surface area contributed by atoms with Crippen LogP contribution in [0.2, 0.25) is 0 Å². The van der Waals surface area contributed by atoms with E-state index in [-0.39, 0.29) is 18.0 Å². The molecule has 6 nitrogen and oxygen atoms in total. The minimum absolute atomic E-state index is 0.0958. The third kappa shape index (κ3) is 7.21. The molecule has 0 saturated heterocycles. The quantitative estimate of drug-likeness (QED) is 0.194. The largest absolute Gasteiger partial charge is 0.497 e. The lowest BCUT2D eigenvalue weighted by molar-refractivity contribution is -0.112. The van der Waals surface area contributed by atoms with Crippen LogP contribution >= 0.6 is 0 Å². The number of nitrogens with zero attached hydrogens (tertiary/aromatic N) is 1. The minimum atomic E-state index is -0.572. The minimum Gasteiger partial charge on any atom is -0.497 e. The number of methoxy groups -OCH3 is 1. The van der Waals surface area contributed by atoms with Gasteiger partial charge in [-0.1, -0.05) is 42.5 Å². The number of benzene rings is 4. The second-order valence-corrected chi connectivity index (χ2v) is 8.24. The van der Waals surface area contributed by atoms with Crippen molar-refractivity contribution in [2.24, 2.45) is 0 Å². The van der Waals surface area contributed by atoms with Crippen molar-refractivity contribution in [3.63, 3.8) is 0 Å². The number of rotatable bonds is 10. The highest BCUT2D eigenvalue weighted by Crippen LogP contribution is 2.28. The number of amides is 1. The van der Waals surface area contributed by atoms with Crippen LogP contribution in [0.15, 0.2) is 103 Å². The van der Waals surface area contributed by atoms with Crippen molar-refractivity contribution in [1.29, 1.82) is 5.26 Å². The number of anilines is 1. The lowest BCUT2D eigenvalue weighted by Crippen LogP contribution is -2.13. The Hall–Kier alpha value is -5.09. The highest BCUT2D eigenvalue weighted by Gasteiger charge is 2.13. The first kappa shape index (κ1) is 26.0. The number of halogens is 1. The molecule has 0 saturated carbocycles. The van der Waals surface area contributed by atoms with Gasteiger partial charge in [0.1, 0.15) is 47.9 Å². The summed E-state index contributed by atoms with van der Waals surface area (Å²) in [6.07, 6.45) is 1.44. The van der Waals surface area contributed by atoms with Gasteiger partial charge in [0, 0.05) is 17.3 Å². The summed E-state index contributed by atoms with van der Waals surface area (Å²) in [7, 11) is 1.52. The number of carbonyl (C=O) groups is 1. The molecule has 0 unspecified atom stereocenters. The molecule has 0 radical (unpaired) electrons. The van der Waals surface area contributed by atoms with Crippen molar-refractivity contribution < 1.29 is 23.4 Å². The molecule has 38 heavy (non-hydrogen) atoms. The SMILES string of the molecule is COc1ccc(/C=C(\C#N)C(=O)Nc2ccc(OCc3ccccc3)cc2)c(OCc2cccc(F)c2)c1. The number of ether oxygens (including phenoxy) is 3. The summed E-state index contributed by atoms with van der Waals surface area (Å²) in [6.45, 7) is 0.526. The molecule has 4 aromatic carbocycles. The van der Waals surface area contributed by atoms with E-state index in [1.807, 2.05) is 36.4 Å². The lowest BCUT2D eigenvalue weighted by Gasteiger charge is -2.12. The van der Waals surface area contributed by atoms with E-state index in [0.29, 0.717) is 40.7 Å².